The summed E-state index contributed by atoms with van der Waals surface area (Å²) in [6.45, 7) is 27.3. The van der Waals surface area contributed by atoms with Crippen LogP contribution >= 0.6 is 0 Å². The Kier molecular flexibility index (Phi) is 12.2. The van der Waals surface area contributed by atoms with Gasteiger partial charge in [0.2, 0.25) is 0 Å². The first-order valence-corrected chi connectivity index (χ1v) is 16.0. The van der Waals surface area contributed by atoms with Gasteiger partial charge in [-0.2, -0.15) is 0 Å². The molecule has 244 valence electrons. The van der Waals surface area contributed by atoms with Gasteiger partial charge in [-0.15, -0.1) is 26.3 Å². The topological polar surface area (TPSA) is 83.0 Å². The molecule has 1 saturated heterocycles. The highest BCUT2D eigenvalue weighted by Gasteiger charge is 2.34. The van der Waals surface area contributed by atoms with Crippen LogP contribution in [-0.2, 0) is 13.1 Å². The van der Waals surface area contributed by atoms with E-state index >= 15 is 0 Å². The molecule has 46 heavy (non-hydrogen) atoms. The minimum atomic E-state index is -0.449. The molecule has 1 heterocycles. The van der Waals surface area contributed by atoms with Gasteiger partial charge in [0.1, 0.15) is 11.5 Å². The number of hydrogen-bond acceptors (Lipinski definition) is 7. The molecule has 0 aliphatic carbocycles. The lowest BCUT2D eigenvalue weighted by Gasteiger charge is -2.41. The monoisotopic (exact) mass is 621 g/mol. The molecule has 1 aliphatic heterocycles. The second-order valence-electron chi connectivity index (χ2n) is 12.4. The molecule has 0 radical (unpaired) electrons. The minimum absolute atomic E-state index is 0.0593. The van der Waals surface area contributed by atoms with Gasteiger partial charge in [0.15, 0.2) is 0 Å². The Hall–Kier alpha value is -3.98. The van der Waals surface area contributed by atoms with Crippen molar-refractivity contribution in [2.75, 3.05) is 26.2 Å². The summed E-state index contributed by atoms with van der Waals surface area (Å²) in [4.78, 5) is 4.22. The second-order valence-corrected chi connectivity index (χ2v) is 12.4. The number of phenols is 2. The van der Waals surface area contributed by atoms with Crippen molar-refractivity contribution in [2.24, 2.45) is 0 Å². The normalized spacial score (nSPS) is 18.1. The van der Waals surface area contributed by atoms with Gasteiger partial charge in [-0.3, -0.25) is 25.8 Å². The van der Waals surface area contributed by atoms with Gasteiger partial charge in [-0.05, 0) is 56.0 Å². The molecule has 4 rings (SSSR count). The quantitative estimate of drug-likeness (QED) is 0.119. The van der Waals surface area contributed by atoms with E-state index in [4.69, 9.17) is 0 Å². The zero-order chi connectivity index (χ0) is 33.4. The molecule has 0 amide bonds. The van der Waals surface area contributed by atoms with Crippen LogP contribution in [0.5, 0.6) is 11.5 Å². The summed E-state index contributed by atoms with van der Waals surface area (Å²) in [5.41, 5.74) is 8.90. The Bertz CT molecular complexity index is 1480. The fourth-order valence-electron chi connectivity index (χ4n) is 6.38. The van der Waals surface area contributed by atoms with Gasteiger partial charge < -0.3 is 10.2 Å². The average Bonchev–Trinajstić information content (AvgIpc) is 3.00. The SMILES string of the molecule is C=CCN(CC=C)Cc1cc(C2NC(c3ccc(C)cc3C)NC(c3ccc(C)cc3C)N2)c(O)c(CN(CC=C)CC=C)c1O. The van der Waals surface area contributed by atoms with Crippen LogP contribution in [0.25, 0.3) is 0 Å². The number of phenolic OH excluding ortho intramolecular Hbond substituents is 2. The van der Waals surface area contributed by atoms with Gasteiger partial charge in [-0.1, -0.05) is 71.8 Å². The standard InChI is InChI=1S/C39H51N5O2/c1-9-17-43(18-10-2)24-30-23-33(36(46)34(35(30)45)25-44(19-11-3)20-12-4)39-41-37(31-15-13-26(5)21-28(31)7)40-38(42-39)32-16-14-27(6)22-29(32)8/h9-16,21-23,37-42,45-46H,1-4,17-20,24-25H2,5-8H3. The lowest BCUT2D eigenvalue weighted by molar-refractivity contribution is 0.198. The molecule has 7 heteroatoms. The molecule has 2 atom stereocenters. The molecule has 1 aliphatic rings. The number of hydrogen-bond donors (Lipinski definition) is 5. The van der Waals surface area contributed by atoms with E-state index in [0.717, 1.165) is 16.7 Å². The Morgan fingerprint density at radius 1 is 0.587 bits per heavy atom. The van der Waals surface area contributed by atoms with Crippen molar-refractivity contribution < 1.29 is 10.2 Å². The van der Waals surface area contributed by atoms with E-state index in [0.29, 0.717) is 50.4 Å². The Labute approximate surface area is 275 Å². The van der Waals surface area contributed by atoms with Crippen molar-refractivity contribution in [3.05, 3.63) is 143 Å². The maximum Gasteiger partial charge on any atom is 0.129 e. The number of aryl methyl sites for hydroxylation is 4. The first-order chi connectivity index (χ1) is 22.1. The highest BCUT2D eigenvalue weighted by Crippen LogP contribution is 2.41. The van der Waals surface area contributed by atoms with E-state index in [9.17, 15) is 10.2 Å². The van der Waals surface area contributed by atoms with Crippen molar-refractivity contribution in [3.63, 3.8) is 0 Å². The predicted molar refractivity (Wildman–Crippen MR) is 191 cm³/mol. The summed E-state index contributed by atoms with van der Waals surface area (Å²) in [5.74, 6) is 0.146. The average molecular weight is 622 g/mol. The van der Waals surface area contributed by atoms with E-state index in [2.05, 4.69) is 116 Å². The zero-order valence-corrected chi connectivity index (χ0v) is 27.9. The maximum absolute atomic E-state index is 12.0. The number of nitrogens with zero attached hydrogens (tertiary/aromatic N) is 2. The minimum Gasteiger partial charge on any atom is -0.507 e. The third kappa shape index (κ3) is 8.23. The lowest BCUT2D eigenvalue weighted by Crippen LogP contribution is -2.54. The van der Waals surface area contributed by atoms with Crippen LogP contribution < -0.4 is 16.0 Å². The molecule has 0 saturated carbocycles. The summed E-state index contributed by atoms with van der Waals surface area (Å²) in [7, 11) is 0. The van der Waals surface area contributed by atoms with Crippen molar-refractivity contribution in [1.82, 2.24) is 25.8 Å². The fraction of sp³-hybridized carbons (Fsp3) is 0.333. The van der Waals surface area contributed by atoms with Crippen molar-refractivity contribution in [2.45, 2.75) is 59.3 Å². The molecule has 0 aromatic heterocycles. The van der Waals surface area contributed by atoms with Crippen LogP contribution in [0.3, 0.4) is 0 Å². The van der Waals surface area contributed by atoms with E-state index < -0.39 is 6.17 Å². The molecule has 2 unspecified atom stereocenters. The smallest absolute Gasteiger partial charge is 0.129 e. The molecule has 3 aromatic carbocycles. The Balaban J connectivity index is 1.87. The molecule has 0 spiro atoms. The van der Waals surface area contributed by atoms with E-state index in [1.54, 1.807) is 0 Å². The fourth-order valence-corrected chi connectivity index (χ4v) is 6.38. The van der Waals surface area contributed by atoms with Crippen LogP contribution in [0.1, 0.15) is 68.6 Å². The summed E-state index contributed by atoms with van der Waals surface area (Å²) >= 11 is 0. The Morgan fingerprint density at radius 3 is 1.41 bits per heavy atom. The van der Waals surface area contributed by atoms with Crippen molar-refractivity contribution in [3.8, 4) is 11.5 Å². The van der Waals surface area contributed by atoms with E-state index in [1.807, 2.05) is 30.4 Å². The molecule has 3 aromatic rings. The molecule has 7 nitrogen and oxygen atoms in total. The van der Waals surface area contributed by atoms with Crippen molar-refractivity contribution >= 4 is 0 Å². The van der Waals surface area contributed by atoms with Gasteiger partial charge in [0, 0.05) is 50.4 Å². The van der Waals surface area contributed by atoms with Crippen LogP contribution in [0, 0.1) is 27.7 Å². The predicted octanol–water partition coefficient (Wildman–Crippen LogP) is 6.86. The lowest BCUT2D eigenvalue weighted by atomic mass is 9.95. The Morgan fingerprint density at radius 2 is 1.00 bits per heavy atom. The number of rotatable bonds is 15. The van der Waals surface area contributed by atoms with Gasteiger partial charge in [-0.25, -0.2) is 0 Å². The third-order valence-corrected chi connectivity index (χ3v) is 8.59. The number of aromatic hydroxyl groups is 2. The van der Waals surface area contributed by atoms with Crippen LogP contribution in [0.15, 0.2) is 93.1 Å². The summed E-state index contributed by atoms with van der Waals surface area (Å²) in [6.07, 6.45) is 6.45. The number of nitrogens with one attached hydrogen (secondary N) is 3. The highest BCUT2D eigenvalue weighted by molar-refractivity contribution is 5.55. The largest absolute Gasteiger partial charge is 0.507 e. The third-order valence-electron chi connectivity index (χ3n) is 8.59. The van der Waals surface area contributed by atoms with Crippen LogP contribution in [0.2, 0.25) is 0 Å². The first-order valence-electron chi connectivity index (χ1n) is 16.0. The van der Waals surface area contributed by atoms with Gasteiger partial charge >= 0.3 is 0 Å². The maximum atomic E-state index is 12.0. The van der Waals surface area contributed by atoms with Crippen LogP contribution in [0.4, 0.5) is 0 Å². The number of benzene rings is 3. The summed E-state index contributed by atoms with van der Waals surface area (Å²) < 4.78 is 0. The second kappa shape index (κ2) is 16.0. The highest BCUT2D eigenvalue weighted by atomic mass is 16.3. The molecule has 5 N–H and O–H groups in total. The first kappa shape index (κ1) is 34.9. The summed E-state index contributed by atoms with van der Waals surface area (Å²) in [6, 6.07) is 14.9. The summed E-state index contributed by atoms with van der Waals surface area (Å²) in [5, 5.41) is 34.9. The van der Waals surface area contributed by atoms with Gasteiger partial charge in [0.25, 0.3) is 0 Å². The van der Waals surface area contributed by atoms with Gasteiger partial charge in [0.05, 0.1) is 24.1 Å². The molecular formula is C39H51N5O2. The molecule has 1 fully saturated rings. The van der Waals surface area contributed by atoms with E-state index in [1.165, 1.54) is 22.3 Å². The van der Waals surface area contributed by atoms with Crippen molar-refractivity contribution in [1.29, 1.82) is 0 Å². The molecular weight excluding hydrogens is 570 g/mol. The zero-order valence-electron chi connectivity index (χ0n) is 27.9. The van der Waals surface area contributed by atoms with E-state index in [-0.39, 0.29) is 23.8 Å². The molecule has 0 bridgehead atoms. The van der Waals surface area contributed by atoms with Crippen LogP contribution in [-0.4, -0.2) is 46.2 Å².